The molecule has 4 rings (SSSR count). The molecule has 2 atom stereocenters. The van der Waals surface area contributed by atoms with Crippen LogP contribution in [-0.2, 0) is 6.54 Å². The standard InChI is InChI=1S/C26H33N5O/c1-20-8-5-6-11-23(20)29-26(28-14-7-16-31-17-15-27-19-31)30-24-18-22(12-13-25(24)32)21-9-3-2-4-10-21/h2-4,9-10,12-13,15,17-20,23,32H,5-8,11,14,16H2,1H3,(H2,28,29,30). The molecular formula is C26H33N5O. The number of guanidine groups is 1. The van der Waals surface area contributed by atoms with Gasteiger partial charge in [-0.1, -0.05) is 56.2 Å². The van der Waals surface area contributed by atoms with Crippen LogP contribution < -0.4 is 10.6 Å². The van der Waals surface area contributed by atoms with Crippen molar-refractivity contribution >= 4 is 11.6 Å². The Kier molecular flexibility index (Phi) is 7.43. The molecule has 6 heteroatoms. The zero-order valence-electron chi connectivity index (χ0n) is 18.7. The molecule has 1 heterocycles. The lowest BCUT2D eigenvalue weighted by Crippen LogP contribution is -2.44. The van der Waals surface area contributed by atoms with E-state index in [4.69, 9.17) is 4.99 Å². The molecule has 1 fully saturated rings. The highest BCUT2D eigenvalue weighted by Crippen LogP contribution is 2.30. The largest absolute Gasteiger partial charge is 0.506 e. The number of phenolic OH excluding ortho intramolecular Hbond substituents is 1. The number of aryl methyl sites for hydroxylation is 1. The molecule has 3 aromatic rings. The number of benzene rings is 2. The van der Waals surface area contributed by atoms with Crippen LogP contribution in [-0.4, -0.2) is 33.2 Å². The van der Waals surface area contributed by atoms with Crippen LogP contribution >= 0.6 is 0 Å². The molecule has 0 radical (unpaired) electrons. The summed E-state index contributed by atoms with van der Waals surface area (Å²) in [5.41, 5.74) is 2.83. The minimum atomic E-state index is 0.217. The molecule has 1 aliphatic carbocycles. The second-order valence-electron chi connectivity index (χ2n) is 8.62. The average Bonchev–Trinajstić information content (AvgIpc) is 3.34. The van der Waals surface area contributed by atoms with Gasteiger partial charge in [0.15, 0.2) is 5.96 Å². The van der Waals surface area contributed by atoms with Gasteiger partial charge in [-0.3, -0.25) is 4.99 Å². The van der Waals surface area contributed by atoms with E-state index in [1.54, 1.807) is 12.3 Å². The summed E-state index contributed by atoms with van der Waals surface area (Å²) in [5.74, 6) is 1.55. The van der Waals surface area contributed by atoms with Crippen LogP contribution in [0.1, 0.15) is 39.0 Å². The van der Waals surface area contributed by atoms with Crippen molar-refractivity contribution in [1.82, 2.24) is 14.9 Å². The Morgan fingerprint density at radius 3 is 2.75 bits per heavy atom. The molecule has 1 aromatic heterocycles. The monoisotopic (exact) mass is 431 g/mol. The van der Waals surface area contributed by atoms with Crippen molar-refractivity contribution < 1.29 is 5.11 Å². The van der Waals surface area contributed by atoms with Crippen molar-refractivity contribution in [3.8, 4) is 16.9 Å². The Balaban J connectivity index is 1.50. The fourth-order valence-corrected chi connectivity index (χ4v) is 4.26. The molecule has 0 amide bonds. The van der Waals surface area contributed by atoms with Gasteiger partial charge in [0.2, 0.25) is 0 Å². The van der Waals surface area contributed by atoms with Gasteiger partial charge in [0.05, 0.1) is 12.0 Å². The van der Waals surface area contributed by atoms with Crippen molar-refractivity contribution in [2.24, 2.45) is 10.9 Å². The van der Waals surface area contributed by atoms with Crippen molar-refractivity contribution in [3.05, 3.63) is 67.3 Å². The van der Waals surface area contributed by atoms with Crippen molar-refractivity contribution in [1.29, 1.82) is 0 Å². The molecule has 1 saturated carbocycles. The molecule has 1 aliphatic rings. The zero-order chi connectivity index (χ0) is 22.2. The van der Waals surface area contributed by atoms with E-state index >= 15 is 0 Å². The number of nitrogens with one attached hydrogen (secondary N) is 2. The lowest BCUT2D eigenvalue weighted by molar-refractivity contribution is 0.308. The summed E-state index contributed by atoms with van der Waals surface area (Å²) in [6.07, 6.45) is 11.4. The minimum Gasteiger partial charge on any atom is -0.506 e. The number of hydrogen-bond donors (Lipinski definition) is 3. The van der Waals surface area contributed by atoms with E-state index in [0.29, 0.717) is 24.2 Å². The van der Waals surface area contributed by atoms with Crippen LogP contribution in [0, 0.1) is 5.92 Å². The number of aromatic hydroxyl groups is 1. The summed E-state index contributed by atoms with van der Waals surface area (Å²) < 4.78 is 2.06. The van der Waals surface area contributed by atoms with E-state index in [1.807, 2.05) is 42.9 Å². The number of imidazole rings is 1. The highest BCUT2D eigenvalue weighted by atomic mass is 16.3. The van der Waals surface area contributed by atoms with Gasteiger partial charge in [-0.05, 0) is 48.4 Å². The zero-order valence-corrected chi connectivity index (χ0v) is 18.7. The normalized spacial score (nSPS) is 19.0. The first-order valence-corrected chi connectivity index (χ1v) is 11.6. The second-order valence-corrected chi connectivity index (χ2v) is 8.62. The lowest BCUT2D eigenvalue weighted by atomic mass is 9.86. The lowest BCUT2D eigenvalue weighted by Gasteiger charge is -2.31. The van der Waals surface area contributed by atoms with Crippen LogP contribution in [0.5, 0.6) is 5.75 Å². The predicted molar refractivity (Wildman–Crippen MR) is 131 cm³/mol. The topological polar surface area (TPSA) is 74.5 Å². The summed E-state index contributed by atoms with van der Waals surface area (Å²) in [5, 5.41) is 17.6. The molecule has 0 aliphatic heterocycles. The molecule has 168 valence electrons. The molecule has 2 aromatic carbocycles. The number of hydrogen-bond acceptors (Lipinski definition) is 3. The van der Waals surface area contributed by atoms with Crippen LogP contribution in [0.2, 0.25) is 0 Å². The number of anilines is 1. The molecule has 3 N–H and O–H groups in total. The van der Waals surface area contributed by atoms with Crippen molar-refractivity contribution in [2.45, 2.75) is 51.6 Å². The highest BCUT2D eigenvalue weighted by Gasteiger charge is 2.22. The fraction of sp³-hybridized carbons (Fsp3) is 0.385. The van der Waals surface area contributed by atoms with Crippen molar-refractivity contribution in [2.75, 3.05) is 11.9 Å². The summed E-state index contributed by atoms with van der Waals surface area (Å²) >= 11 is 0. The molecule has 0 bridgehead atoms. The maximum Gasteiger partial charge on any atom is 0.196 e. The van der Waals surface area contributed by atoms with Gasteiger partial charge >= 0.3 is 0 Å². The second kappa shape index (κ2) is 10.8. The van der Waals surface area contributed by atoms with E-state index in [0.717, 1.165) is 36.5 Å². The first-order chi connectivity index (χ1) is 15.7. The van der Waals surface area contributed by atoms with Gasteiger partial charge in [-0.2, -0.15) is 0 Å². The molecule has 0 spiro atoms. The Morgan fingerprint density at radius 2 is 1.97 bits per heavy atom. The SMILES string of the molecule is CC1CCCCC1NC(=NCCCn1ccnc1)Nc1cc(-c2ccccc2)ccc1O. The molecule has 0 saturated heterocycles. The number of nitrogens with zero attached hydrogens (tertiary/aromatic N) is 3. The third-order valence-electron chi connectivity index (χ3n) is 6.19. The molecular weight excluding hydrogens is 398 g/mol. The average molecular weight is 432 g/mol. The van der Waals surface area contributed by atoms with Gasteiger partial charge in [-0.15, -0.1) is 0 Å². The number of aliphatic imine (C=N–C) groups is 1. The van der Waals surface area contributed by atoms with E-state index in [2.05, 4.69) is 39.2 Å². The highest BCUT2D eigenvalue weighted by molar-refractivity contribution is 5.96. The van der Waals surface area contributed by atoms with Gasteiger partial charge < -0.3 is 20.3 Å². The van der Waals surface area contributed by atoms with Crippen molar-refractivity contribution in [3.63, 3.8) is 0 Å². The van der Waals surface area contributed by atoms with Crippen LogP contribution in [0.3, 0.4) is 0 Å². The van der Waals surface area contributed by atoms with E-state index < -0.39 is 0 Å². The predicted octanol–water partition coefficient (Wildman–Crippen LogP) is 5.28. The Labute approximate surface area is 190 Å². The first-order valence-electron chi connectivity index (χ1n) is 11.6. The minimum absolute atomic E-state index is 0.217. The summed E-state index contributed by atoms with van der Waals surface area (Å²) in [6, 6.07) is 16.3. The molecule has 6 nitrogen and oxygen atoms in total. The Morgan fingerprint density at radius 1 is 1.12 bits per heavy atom. The summed E-state index contributed by atoms with van der Waals surface area (Å²) in [7, 11) is 0. The maximum atomic E-state index is 10.5. The third kappa shape index (κ3) is 5.90. The van der Waals surface area contributed by atoms with Crippen LogP contribution in [0.25, 0.3) is 11.1 Å². The fourth-order valence-electron chi connectivity index (χ4n) is 4.26. The van der Waals surface area contributed by atoms with E-state index in [-0.39, 0.29) is 5.75 Å². The van der Waals surface area contributed by atoms with Gasteiger partial charge in [0, 0.05) is 31.5 Å². The first kappa shape index (κ1) is 21.9. The quantitative estimate of drug-likeness (QED) is 0.206. The number of rotatable bonds is 7. The van der Waals surface area contributed by atoms with Crippen LogP contribution in [0.15, 0.2) is 72.2 Å². The summed E-state index contributed by atoms with van der Waals surface area (Å²) in [6.45, 7) is 3.88. The van der Waals surface area contributed by atoms with Gasteiger partial charge in [-0.25, -0.2) is 4.98 Å². The third-order valence-corrected chi connectivity index (χ3v) is 6.19. The Hall–Kier alpha value is -3.28. The van der Waals surface area contributed by atoms with E-state index in [1.165, 1.54) is 19.3 Å². The molecule has 2 unspecified atom stereocenters. The van der Waals surface area contributed by atoms with Crippen LogP contribution in [0.4, 0.5) is 5.69 Å². The number of phenols is 1. The Bertz CT molecular complexity index is 1000. The smallest absolute Gasteiger partial charge is 0.196 e. The number of aromatic nitrogens is 2. The molecule has 32 heavy (non-hydrogen) atoms. The van der Waals surface area contributed by atoms with E-state index in [9.17, 15) is 5.11 Å². The maximum absolute atomic E-state index is 10.5. The van der Waals surface area contributed by atoms with Gasteiger partial charge in [0.1, 0.15) is 5.75 Å². The summed E-state index contributed by atoms with van der Waals surface area (Å²) in [4.78, 5) is 8.94. The van der Waals surface area contributed by atoms with Gasteiger partial charge in [0.25, 0.3) is 0 Å².